The van der Waals surface area contributed by atoms with Crippen LogP contribution in [-0.2, 0) is 25.8 Å². The molecule has 4 rings (SSSR count). The second-order valence-electron chi connectivity index (χ2n) is 7.37. The molecule has 0 aliphatic heterocycles. The van der Waals surface area contributed by atoms with E-state index in [1.807, 2.05) is 12.1 Å². The molecule has 0 radical (unpaired) electrons. The quantitative estimate of drug-likeness (QED) is 0.238. The highest BCUT2D eigenvalue weighted by Gasteiger charge is 2.16. The SMILES string of the molecule is CN=C(NCCc1c[nH]c2ccccc12)NCc1c(O)ccc2c1CCCC2.I. The Morgan fingerprint density at radius 1 is 1.10 bits per heavy atom. The number of aryl methyl sites for hydroxylation is 1. The molecule has 0 fully saturated rings. The maximum Gasteiger partial charge on any atom is 0.191 e. The summed E-state index contributed by atoms with van der Waals surface area (Å²) in [6, 6.07) is 12.3. The van der Waals surface area contributed by atoms with Gasteiger partial charge in [0.1, 0.15) is 5.75 Å². The van der Waals surface area contributed by atoms with Crippen molar-refractivity contribution >= 4 is 40.8 Å². The molecule has 154 valence electrons. The number of aliphatic imine (C=N–C) groups is 1. The normalized spacial score (nSPS) is 13.6. The summed E-state index contributed by atoms with van der Waals surface area (Å²) >= 11 is 0. The van der Waals surface area contributed by atoms with E-state index < -0.39 is 0 Å². The average molecular weight is 504 g/mol. The molecule has 2 aromatic carbocycles. The van der Waals surface area contributed by atoms with Gasteiger partial charge in [0.25, 0.3) is 0 Å². The number of benzene rings is 2. The number of para-hydroxylation sites is 1. The van der Waals surface area contributed by atoms with Crippen molar-refractivity contribution in [2.45, 2.75) is 38.6 Å². The van der Waals surface area contributed by atoms with E-state index >= 15 is 0 Å². The summed E-state index contributed by atoms with van der Waals surface area (Å²) in [5, 5.41) is 18.4. The molecule has 0 saturated heterocycles. The maximum absolute atomic E-state index is 10.4. The minimum absolute atomic E-state index is 0. The molecule has 0 bridgehead atoms. The van der Waals surface area contributed by atoms with E-state index in [2.05, 4.69) is 51.1 Å². The van der Waals surface area contributed by atoms with Gasteiger partial charge in [0, 0.05) is 42.8 Å². The summed E-state index contributed by atoms with van der Waals surface area (Å²) in [4.78, 5) is 7.65. The van der Waals surface area contributed by atoms with Crippen molar-refractivity contribution in [2.75, 3.05) is 13.6 Å². The van der Waals surface area contributed by atoms with Crippen LogP contribution in [0.3, 0.4) is 0 Å². The molecule has 0 spiro atoms. The predicted octanol–water partition coefficient (Wildman–Crippen LogP) is 4.28. The fourth-order valence-corrected chi connectivity index (χ4v) is 4.14. The van der Waals surface area contributed by atoms with Crippen LogP contribution in [0.4, 0.5) is 0 Å². The van der Waals surface area contributed by atoms with Crippen LogP contribution in [0.25, 0.3) is 10.9 Å². The third-order valence-electron chi connectivity index (χ3n) is 5.64. The fourth-order valence-electron chi connectivity index (χ4n) is 4.14. The first kappa shape index (κ1) is 21.5. The molecule has 1 aliphatic rings. The highest BCUT2D eigenvalue weighted by molar-refractivity contribution is 14.0. The molecule has 1 aliphatic carbocycles. The lowest BCUT2D eigenvalue weighted by atomic mass is 9.88. The summed E-state index contributed by atoms with van der Waals surface area (Å²) in [7, 11) is 1.78. The summed E-state index contributed by atoms with van der Waals surface area (Å²) in [6.45, 7) is 1.38. The highest BCUT2D eigenvalue weighted by atomic mass is 127. The second-order valence-corrected chi connectivity index (χ2v) is 7.37. The van der Waals surface area contributed by atoms with E-state index in [0.717, 1.165) is 37.3 Å². The number of phenols is 1. The molecule has 4 N–H and O–H groups in total. The number of aromatic hydroxyl groups is 1. The van der Waals surface area contributed by atoms with Crippen molar-refractivity contribution in [2.24, 2.45) is 4.99 Å². The van der Waals surface area contributed by atoms with Crippen molar-refractivity contribution < 1.29 is 5.11 Å². The fraction of sp³-hybridized carbons (Fsp3) is 0.348. The number of guanidine groups is 1. The van der Waals surface area contributed by atoms with E-state index in [4.69, 9.17) is 0 Å². The minimum atomic E-state index is 0. The smallest absolute Gasteiger partial charge is 0.191 e. The third-order valence-corrected chi connectivity index (χ3v) is 5.64. The summed E-state index contributed by atoms with van der Waals surface area (Å²) in [5.74, 6) is 1.13. The van der Waals surface area contributed by atoms with Crippen LogP contribution in [0, 0.1) is 0 Å². The molecule has 0 unspecified atom stereocenters. The van der Waals surface area contributed by atoms with Gasteiger partial charge < -0.3 is 20.7 Å². The monoisotopic (exact) mass is 504 g/mol. The van der Waals surface area contributed by atoms with Crippen LogP contribution < -0.4 is 10.6 Å². The number of halogens is 1. The largest absolute Gasteiger partial charge is 0.508 e. The third kappa shape index (κ3) is 4.86. The molecule has 6 heteroatoms. The highest BCUT2D eigenvalue weighted by Crippen LogP contribution is 2.30. The number of hydrogen-bond donors (Lipinski definition) is 4. The number of hydrogen-bond acceptors (Lipinski definition) is 2. The van der Waals surface area contributed by atoms with Gasteiger partial charge in [-0.15, -0.1) is 24.0 Å². The molecular formula is C23H29IN4O. The van der Waals surface area contributed by atoms with Crippen molar-refractivity contribution in [1.82, 2.24) is 15.6 Å². The molecule has 5 nitrogen and oxygen atoms in total. The Morgan fingerprint density at radius 2 is 1.93 bits per heavy atom. The number of H-pyrrole nitrogens is 1. The first-order valence-electron chi connectivity index (χ1n) is 10.1. The second kappa shape index (κ2) is 10.0. The number of nitrogens with zero attached hydrogens (tertiary/aromatic N) is 1. The Kier molecular flexibility index (Phi) is 7.41. The molecular weight excluding hydrogens is 475 g/mol. The van der Waals surface area contributed by atoms with Crippen LogP contribution in [0.2, 0.25) is 0 Å². The van der Waals surface area contributed by atoms with Crippen LogP contribution >= 0.6 is 24.0 Å². The first-order valence-corrected chi connectivity index (χ1v) is 10.1. The zero-order valence-corrected chi connectivity index (χ0v) is 19.1. The molecule has 0 amide bonds. The number of nitrogens with one attached hydrogen (secondary N) is 3. The van der Waals surface area contributed by atoms with Crippen LogP contribution in [-0.4, -0.2) is 29.6 Å². The van der Waals surface area contributed by atoms with Crippen LogP contribution in [0.5, 0.6) is 5.75 Å². The van der Waals surface area contributed by atoms with Crippen LogP contribution in [0.15, 0.2) is 47.6 Å². The maximum atomic E-state index is 10.4. The molecule has 29 heavy (non-hydrogen) atoms. The van der Waals surface area contributed by atoms with E-state index in [0.29, 0.717) is 12.3 Å². The zero-order valence-electron chi connectivity index (χ0n) is 16.8. The number of phenolic OH excluding ortho intramolecular Hbond substituents is 1. The van der Waals surface area contributed by atoms with Crippen molar-refractivity contribution in [3.63, 3.8) is 0 Å². The van der Waals surface area contributed by atoms with Gasteiger partial charge in [-0.1, -0.05) is 24.3 Å². The van der Waals surface area contributed by atoms with Gasteiger partial charge in [-0.05, 0) is 60.9 Å². The van der Waals surface area contributed by atoms with Gasteiger partial charge in [0.15, 0.2) is 5.96 Å². The molecule has 0 saturated carbocycles. The Hall–Kier alpha value is -2.22. The van der Waals surface area contributed by atoms with Gasteiger partial charge in [0.2, 0.25) is 0 Å². The van der Waals surface area contributed by atoms with Gasteiger partial charge in [0.05, 0.1) is 0 Å². The number of rotatable bonds is 5. The van der Waals surface area contributed by atoms with E-state index in [1.165, 1.54) is 40.4 Å². The predicted molar refractivity (Wildman–Crippen MR) is 130 cm³/mol. The number of aromatic nitrogens is 1. The molecule has 3 aromatic rings. The lowest BCUT2D eigenvalue weighted by Crippen LogP contribution is -2.38. The zero-order chi connectivity index (χ0) is 19.3. The Bertz CT molecular complexity index is 996. The van der Waals surface area contributed by atoms with Crippen molar-refractivity contribution in [3.05, 3.63) is 64.8 Å². The average Bonchev–Trinajstić information content (AvgIpc) is 3.15. The Balaban J connectivity index is 0.00000240. The van der Waals surface area contributed by atoms with Crippen molar-refractivity contribution in [1.29, 1.82) is 0 Å². The Morgan fingerprint density at radius 3 is 2.79 bits per heavy atom. The van der Waals surface area contributed by atoms with Crippen molar-refractivity contribution in [3.8, 4) is 5.75 Å². The Labute approximate surface area is 189 Å². The lowest BCUT2D eigenvalue weighted by Gasteiger charge is -2.21. The lowest BCUT2D eigenvalue weighted by molar-refractivity contribution is 0.464. The molecule has 1 aromatic heterocycles. The van der Waals surface area contributed by atoms with E-state index in [-0.39, 0.29) is 24.0 Å². The van der Waals surface area contributed by atoms with Gasteiger partial charge >= 0.3 is 0 Å². The van der Waals surface area contributed by atoms with Crippen LogP contribution in [0.1, 0.15) is 35.1 Å². The van der Waals surface area contributed by atoms with E-state index in [1.54, 1.807) is 7.05 Å². The first-order chi connectivity index (χ1) is 13.8. The minimum Gasteiger partial charge on any atom is -0.508 e. The van der Waals surface area contributed by atoms with Gasteiger partial charge in [-0.3, -0.25) is 4.99 Å². The standard InChI is InChI=1S/C23H28N4O.HI/c1-24-23(25-13-12-17-14-26-21-9-5-4-8-19(17)21)27-15-20-18-7-3-2-6-16(18)10-11-22(20)28;/h4-5,8-11,14,26,28H,2-3,6-7,12-13,15H2,1H3,(H2,24,25,27);1H. The summed E-state index contributed by atoms with van der Waals surface area (Å²) in [5.41, 5.74) is 6.17. The topological polar surface area (TPSA) is 72.4 Å². The van der Waals surface area contributed by atoms with Gasteiger partial charge in [-0.25, -0.2) is 0 Å². The van der Waals surface area contributed by atoms with Gasteiger partial charge in [-0.2, -0.15) is 0 Å². The number of fused-ring (bicyclic) bond motifs is 2. The van der Waals surface area contributed by atoms with E-state index in [9.17, 15) is 5.11 Å². The summed E-state index contributed by atoms with van der Waals surface area (Å²) in [6.07, 6.45) is 7.59. The molecule has 1 heterocycles. The number of aromatic amines is 1. The summed E-state index contributed by atoms with van der Waals surface area (Å²) < 4.78 is 0. The molecule has 0 atom stereocenters.